The molecule has 2 aromatic rings. The molecule has 2 aromatic carbocycles. The minimum absolute atomic E-state index is 0.0610. The van der Waals surface area contributed by atoms with E-state index < -0.39 is 0 Å². The van der Waals surface area contributed by atoms with E-state index in [1.807, 2.05) is 0 Å². The predicted molar refractivity (Wildman–Crippen MR) is 94.7 cm³/mol. The number of hydrogen-bond donors (Lipinski definition) is 0. The summed E-state index contributed by atoms with van der Waals surface area (Å²) in [6.07, 6.45) is 1.13. The van der Waals surface area contributed by atoms with Crippen LogP contribution in [0, 0.1) is 20.8 Å². The molecule has 22 heavy (non-hydrogen) atoms. The summed E-state index contributed by atoms with van der Waals surface area (Å²) in [4.78, 5) is 2.48. The zero-order valence-electron chi connectivity index (χ0n) is 13.7. The van der Waals surface area contributed by atoms with E-state index in [2.05, 4.69) is 62.1 Å². The molecule has 0 aromatic heterocycles. The molecule has 0 fully saturated rings. The lowest BCUT2D eigenvalue weighted by molar-refractivity contribution is 0.254. The monoisotopic (exact) mass is 313 g/mol. The minimum atomic E-state index is 0.0610. The van der Waals surface area contributed by atoms with Gasteiger partial charge in [-0.15, -0.1) is 11.6 Å². The molecule has 1 aliphatic heterocycles. The van der Waals surface area contributed by atoms with Crippen LogP contribution in [0.25, 0.3) is 0 Å². The van der Waals surface area contributed by atoms with Crippen LogP contribution in [0.15, 0.2) is 36.4 Å². The maximum Gasteiger partial charge on any atom is 0.0717 e. The number of nitrogens with zero attached hydrogens (tertiary/aromatic N) is 1. The molecule has 0 saturated heterocycles. The Hall–Kier alpha value is -1.31. The summed E-state index contributed by atoms with van der Waals surface area (Å²) < 4.78 is 0. The van der Waals surface area contributed by atoms with Crippen molar-refractivity contribution in [3.8, 4) is 0 Å². The van der Waals surface area contributed by atoms with Gasteiger partial charge in [0.1, 0.15) is 0 Å². The zero-order valence-corrected chi connectivity index (χ0v) is 14.5. The molecule has 0 bridgehead atoms. The van der Waals surface area contributed by atoms with Crippen molar-refractivity contribution in [1.82, 2.24) is 4.90 Å². The number of benzene rings is 2. The predicted octanol–water partition coefficient (Wildman–Crippen LogP) is 4.95. The van der Waals surface area contributed by atoms with E-state index in [0.29, 0.717) is 0 Å². The molecular weight excluding hydrogens is 290 g/mol. The molecule has 2 heteroatoms. The van der Waals surface area contributed by atoms with E-state index in [1.54, 1.807) is 0 Å². The SMILES string of the molecule is Cc1cc(C)c(C(Cl)CN2CCc3ccccc3C2)c(C)c1. The summed E-state index contributed by atoms with van der Waals surface area (Å²) in [7, 11) is 0. The van der Waals surface area contributed by atoms with Gasteiger partial charge in [0.05, 0.1) is 5.38 Å². The molecule has 0 saturated carbocycles. The third-order valence-corrected chi connectivity index (χ3v) is 5.04. The average molecular weight is 314 g/mol. The Bertz CT molecular complexity index is 654. The number of alkyl halides is 1. The highest BCUT2D eigenvalue weighted by atomic mass is 35.5. The van der Waals surface area contributed by atoms with Crippen molar-refractivity contribution < 1.29 is 0 Å². The maximum atomic E-state index is 6.79. The second-order valence-electron chi connectivity index (χ2n) is 6.53. The van der Waals surface area contributed by atoms with Gasteiger partial charge in [0.2, 0.25) is 0 Å². The zero-order chi connectivity index (χ0) is 15.7. The lowest BCUT2D eigenvalue weighted by atomic mass is 9.95. The van der Waals surface area contributed by atoms with Gasteiger partial charge in [0, 0.05) is 19.6 Å². The van der Waals surface area contributed by atoms with Crippen LogP contribution < -0.4 is 0 Å². The quantitative estimate of drug-likeness (QED) is 0.725. The Morgan fingerprint density at radius 1 is 1.05 bits per heavy atom. The first-order chi connectivity index (χ1) is 10.5. The molecule has 3 rings (SSSR count). The molecule has 1 heterocycles. The highest BCUT2D eigenvalue weighted by Gasteiger charge is 2.21. The van der Waals surface area contributed by atoms with Gasteiger partial charge in [-0.05, 0) is 55.0 Å². The maximum absolute atomic E-state index is 6.79. The normalized spacial score (nSPS) is 16.4. The van der Waals surface area contributed by atoms with Gasteiger partial charge in [-0.25, -0.2) is 0 Å². The van der Waals surface area contributed by atoms with Crippen molar-refractivity contribution in [2.45, 2.75) is 39.1 Å². The summed E-state index contributed by atoms with van der Waals surface area (Å²) in [5.74, 6) is 0. The van der Waals surface area contributed by atoms with Crippen LogP contribution in [0.4, 0.5) is 0 Å². The molecule has 0 spiro atoms. The van der Waals surface area contributed by atoms with Gasteiger partial charge in [0.15, 0.2) is 0 Å². The third-order valence-electron chi connectivity index (χ3n) is 4.68. The number of fused-ring (bicyclic) bond motifs is 1. The topological polar surface area (TPSA) is 3.24 Å². The Morgan fingerprint density at radius 3 is 2.36 bits per heavy atom. The van der Waals surface area contributed by atoms with Crippen molar-refractivity contribution in [3.63, 3.8) is 0 Å². The first-order valence-electron chi connectivity index (χ1n) is 8.05. The van der Waals surface area contributed by atoms with Crippen LogP contribution in [0.1, 0.15) is 38.8 Å². The van der Waals surface area contributed by atoms with Crippen LogP contribution in [-0.2, 0) is 13.0 Å². The highest BCUT2D eigenvalue weighted by Crippen LogP contribution is 2.30. The fourth-order valence-electron chi connectivity index (χ4n) is 3.71. The molecule has 0 N–H and O–H groups in total. The van der Waals surface area contributed by atoms with Gasteiger partial charge in [-0.2, -0.15) is 0 Å². The molecule has 1 nitrogen and oxygen atoms in total. The molecule has 0 radical (unpaired) electrons. The number of hydrogen-bond acceptors (Lipinski definition) is 1. The molecular formula is C20H24ClN. The minimum Gasteiger partial charge on any atom is -0.297 e. The van der Waals surface area contributed by atoms with E-state index in [4.69, 9.17) is 11.6 Å². The molecule has 1 unspecified atom stereocenters. The molecule has 116 valence electrons. The first kappa shape index (κ1) is 15.6. The van der Waals surface area contributed by atoms with E-state index >= 15 is 0 Å². The van der Waals surface area contributed by atoms with E-state index in [1.165, 1.54) is 33.4 Å². The Morgan fingerprint density at radius 2 is 1.68 bits per heavy atom. The number of rotatable bonds is 3. The third kappa shape index (κ3) is 3.21. The molecule has 1 aliphatic rings. The van der Waals surface area contributed by atoms with Crippen LogP contribution in [0.3, 0.4) is 0 Å². The molecule has 0 amide bonds. The number of halogens is 1. The first-order valence-corrected chi connectivity index (χ1v) is 8.49. The lowest BCUT2D eigenvalue weighted by Gasteiger charge is -2.31. The summed E-state index contributed by atoms with van der Waals surface area (Å²) in [5.41, 5.74) is 8.20. The van der Waals surface area contributed by atoms with E-state index in [0.717, 1.165) is 26.1 Å². The van der Waals surface area contributed by atoms with Crippen LogP contribution in [0.5, 0.6) is 0 Å². The van der Waals surface area contributed by atoms with Crippen LogP contribution in [-0.4, -0.2) is 18.0 Å². The lowest BCUT2D eigenvalue weighted by Crippen LogP contribution is -2.33. The van der Waals surface area contributed by atoms with Crippen molar-refractivity contribution in [3.05, 3.63) is 69.8 Å². The largest absolute Gasteiger partial charge is 0.297 e. The van der Waals surface area contributed by atoms with E-state index in [9.17, 15) is 0 Å². The molecule has 1 atom stereocenters. The highest BCUT2D eigenvalue weighted by molar-refractivity contribution is 6.21. The van der Waals surface area contributed by atoms with Gasteiger partial charge >= 0.3 is 0 Å². The molecule has 0 aliphatic carbocycles. The Balaban J connectivity index is 1.75. The van der Waals surface area contributed by atoms with Gasteiger partial charge in [0.25, 0.3) is 0 Å². The number of aryl methyl sites for hydroxylation is 3. The second kappa shape index (κ2) is 6.44. The summed E-state index contributed by atoms with van der Waals surface area (Å²) in [6.45, 7) is 9.54. The smallest absolute Gasteiger partial charge is 0.0717 e. The Kier molecular flexibility index (Phi) is 4.56. The fourth-order valence-corrected chi connectivity index (χ4v) is 4.25. The van der Waals surface area contributed by atoms with Gasteiger partial charge in [-0.1, -0.05) is 42.0 Å². The average Bonchev–Trinajstić information content (AvgIpc) is 2.46. The van der Waals surface area contributed by atoms with Crippen molar-refractivity contribution >= 4 is 11.6 Å². The van der Waals surface area contributed by atoms with Crippen LogP contribution >= 0.6 is 11.6 Å². The Labute approximate surface area is 138 Å². The van der Waals surface area contributed by atoms with E-state index in [-0.39, 0.29) is 5.38 Å². The fraction of sp³-hybridized carbons (Fsp3) is 0.400. The summed E-state index contributed by atoms with van der Waals surface area (Å²) >= 11 is 6.79. The summed E-state index contributed by atoms with van der Waals surface area (Å²) in [5, 5.41) is 0.0610. The van der Waals surface area contributed by atoms with Crippen molar-refractivity contribution in [2.24, 2.45) is 0 Å². The van der Waals surface area contributed by atoms with Crippen molar-refractivity contribution in [2.75, 3.05) is 13.1 Å². The van der Waals surface area contributed by atoms with Gasteiger partial charge < -0.3 is 0 Å². The standard InChI is InChI=1S/C20H24ClN/c1-14-10-15(2)20(16(3)11-14)19(21)13-22-9-8-17-6-4-5-7-18(17)12-22/h4-7,10-11,19H,8-9,12-13H2,1-3H3. The van der Waals surface area contributed by atoms with Crippen molar-refractivity contribution in [1.29, 1.82) is 0 Å². The summed E-state index contributed by atoms with van der Waals surface area (Å²) in [6, 6.07) is 13.2. The second-order valence-corrected chi connectivity index (χ2v) is 7.06. The van der Waals surface area contributed by atoms with Gasteiger partial charge in [-0.3, -0.25) is 4.90 Å². The van der Waals surface area contributed by atoms with Crippen LogP contribution in [0.2, 0.25) is 0 Å².